The SMILES string of the molecule is CCCCCC/C=C\C/C=C\CCCCCCCC(=O)OCCCCCCCCCCCCCCCCCC(=O)NC(CO)C(O)CCCCCCCCCCCCCCCCCCCCCCCCCCC. The summed E-state index contributed by atoms with van der Waals surface area (Å²) in [4.78, 5) is 24.6. The second kappa shape index (κ2) is 62.9. The predicted molar refractivity (Wildman–Crippen MR) is 320 cm³/mol. The van der Waals surface area contributed by atoms with E-state index in [0.717, 1.165) is 57.8 Å². The molecule has 0 saturated carbocycles. The average molecular weight is 1030 g/mol. The first-order valence-corrected chi connectivity index (χ1v) is 33.1. The summed E-state index contributed by atoms with van der Waals surface area (Å²) in [6.07, 6.45) is 77.6. The van der Waals surface area contributed by atoms with E-state index in [1.165, 1.54) is 276 Å². The van der Waals surface area contributed by atoms with Crippen LogP contribution in [0.5, 0.6) is 0 Å². The van der Waals surface area contributed by atoms with Gasteiger partial charge in [-0.1, -0.05) is 321 Å². The number of aliphatic hydroxyl groups is 2. The number of allylic oxidation sites excluding steroid dienone is 4. The van der Waals surface area contributed by atoms with Crippen LogP contribution in [0.1, 0.15) is 367 Å². The minimum absolute atomic E-state index is 0.0116. The summed E-state index contributed by atoms with van der Waals surface area (Å²) < 4.78 is 5.48. The Morgan fingerprint density at radius 2 is 0.685 bits per heavy atom. The number of unbranched alkanes of at least 4 members (excludes halogenated alkanes) is 47. The lowest BCUT2D eigenvalue weighted by Crippen LogP contribution is -2.45. The number of esters is 1. The molecular weight excluding hydrogens is 899 g/mol. The van der Waals surface area contributed by atoms with Crippen molar-refractivity contribution in [3.05, 3.63) is 24.3 Å². The molecule has 0 radical (unpaired) electrons. The van der Waals surface area contributed by atoms with Crippen molar-refractivity contribution in [3.8, 4) is 0 Å². The summed E-state index contributed by atoms with van der Waals surface area (Å²) >= 11 is 0. The second-order valence-electron chi connectivity index (χ2n) is 22.8. The molecule has 0 aliphatic heterocycles. The monoisotopic (exact) mass is 1030 g/mol. The number of aliphatic hydroxyl groups excluding tert-OH is 2. The van der Waals surface area contributed by atoms with Gasteiger partial charge in [0.1, 0.15) is 0 Å². The first kappa shape index (κ1) is 71.3. The number of hydrogen-bond acceptors (Lipinski definition) is 5. The largest absolute Gasteiger partial charge is 0.466 e. The molecule has 0 aromatic rings. The van der Waals surface area contributed by atoms with Gasteiger partial charge >= 0.3 is 5.97 Å². The Morgan fingerprint density at radius 1 is 0.384 bits per heavy atom. The van der Waals surface area contributed by atoms with Gasteiger partial charge in [0.05, 0.1) is 25.4 Å². The van der Waals surface area contributed by atoms with Gasteiger partial charge in [-0.3, -0.25) is 9.59 Å². The molecule has 2 unspecified atom stereocenters. The number of ether oxygens (including phenoxy) is 1. The van der Waals surface area contributed by atoms with Crippen molar-refractivity contribution in [2.24, 2.45) is 0 Å². The fourth-order valence-electron chi connectivity index (χ4n) is 10.4. The van der Waals surface area contributed by atoms with E-state index in [1.54, 1.807) is 0 Å². The van der Waals surface area contributed by atoms with E-state index in [2.05, 4.69) is 43.5 Å². The van der Waals surface area contributed by atoms with Crippen molar-refractivity contribution in [1.82, 2.24) is 5.32 Å². The summed E-state index contributed by atoms with van der Waals surface area (Å²) in [5.41, 5.74) is 0. The maximum atomic E-state index is 12.5. The van der Waals surface area contributed by atoms with Crippen molar-refractivity contribution < 1.29 is 24.5 Å². The molecule has 432 valence electrons. The van der Waals surface area contributed by atoms with E-state index >= 15 is 0 Å². The highest BCUT2D eigenvalue weighted by Gasteiger charge is 2.20. The van der Waals surface area contributed by atoms with Gasteiger partial charge in [0, 0.05) is 12.8 Å². The summed E-state index contributed by atoms with van der Waals surface area (Å²) in [5, 5.41) is 23.4. The Bertz CT molecular complexity index is 1140. The van der Waals surface area contributed by atoms with Gasteiger partial charge in [0.2, 0.25) is 5.91 Å². The number of hydrogen-bond donors (Lipinski definition) is 3. The highest BCUT2D eigenvalue weighted by Crippen LogP contribution is 2.18. The van der Waals surface area contributed by atoms with Crippen molar-refractivity contribution in [3.63, 3.8) is 0 Å². The van der Waals surface area contributed by atoms with Crippen LogP contribution in [0.2, 0.25) is 0 Å². The lowest BCUT2D eigenvalue weighted by molar-refractivity contribution is -0.143. The van der Waals surface area contributed by atoms with Crippen molar-refractivity contribution in [2.75, 3.05) is 13.2 Å². The zero-order chi connectivity index (χ0) is 52.9. The molecule has 2 atom stereocenters. The van der Waals surface area contributed by atoms with E-state index in [1.807, 2.05) is 0 Å². The van der Waals surface area contributed by atoms with Crippen LogP contribution >= 0.6 is 0 Å². The average Bonchev–Trinajstić information content (AvgIpc) is 3.39. The van der Waals surface area contributed by atoms with Gasteiger partial charge in [-0.2, -0.15) is 0 Å². The van der Waals surface area contributed by atoms with Crippen molar-refractivity contribution in [1.29, 1.82) is 0 Å². The lowest BCUT2D eigenvalue weighted by Gasteiger charge is -2.22. The first-order chi connectivity index (χ1) is 36.0. The van der Waals surface area contributed by atoms with Crippen LogP contribution in [0.3, 0.4) is 0 Å². The van der Waals surface area contributed by atoms with E-state index in [4.69, 9.17) is 4.74 Å². The molecular formula is C67H129NO5. The van der Waals surface area contributed by atoms with Crippen molar-refractivity contribution in [2.45, 2.75) is 379 Å². The molecule has 0 bridgehead atoms. The minimum Gasteiger partial charge on any atom is -0.466 e. The summed E-state index contributed by atoms with van der Waals surface area (Å²) in [5.74, 6) is -0.0514. The molecule has 3 N–H and O–H groups in total. The van der Waals surface area contributed by atoms with E-state index in [0.29, 0.717) is 25.9 Å². The Morgan fingerprint density at radius 3 is 1.05 bits per heavy atom. The molecule has 0 rings (SSSR count). The van der Waals surface area contributed by atoms with Crippen molar-refractivity contribution >= 4 is 11.9 Å². The van der Waals surface area contributed by atoms with Crippen LogP contribution in [0.4, 0.5) is 0 Å². The Balaban J connectivity index is 3.43. The number of rotatable bonds is 62. The molecule has 73 heavy (non-hydrogen) atoms. The minimum atomic E-state index is -0.672. The molecule has 0 fully saturated rings. The van der Waals surface area contributed by atoms with Crippen LogP contribution in [0.15, 0.2) is 24.3 Å². The number of carbonyl (C=O) groups is 2. The van der Waals surface area contributed by atoms with Crippen LogP contribution < -0.4 is 5.32 Å². The summed E-state index contributed by atoms with van der Waals surface area (Å²) in [7, 11) is 0. The predicted octanol–water partition coefficient (Wildman–Crippen LogP) is 21.0. The fraction of sp³-hybridized carbons (Fsp3) is 0.910. The smallest absolute Gasteiger partial charge is 0.305 e. The molecule has 0 aromatic heterocycles. The van der Waals surface area contributed by atoms with Gasteiger partial charge in [0.25, 0.3) is 0 Å². The van der Waals surface area contributed by atoms with Crippen LogP contribution in [-0.2, 0) is 14.3 Å². The molecule has 0 aliphatic carbocycles. The van der Waals surface area contributed by atoms with Gasteiger partial charge in [0.15, 0.2) is 0 Å². The molecule has 0 spiro atoms. The van der Waals surface area contributed by atoms with E-state index in [-0.39, 0.29) is 18.5 Å². The van der Waals surface area contributed by atoms with Crippen LogP contribution in [0.25, 0.3) is 0 Å². The highest BCUT2D eigenvalue weighted by molar-refractivity contribution is 5.76. The number of amides is 1. The molecule has 0 aromatic carbocycles. The van der Waals surface area contributed by atoms with Gasteiger partial charge in [-0.05, 0) is 57.8 Å². The highest BCUT2D eigenvalue weighted by atomic mass is 16.5. The third kappa shape index (κ3) is 59.4. The van der Waals surface area contributed by atoms with Gasteiger partial charge in [-0.25, -0.2) is 0 Å². The lowest BCUT2D eigenvalue weighted by atomic mass is 10.0. The Hall–Kier alpha value is -1.66. The quantitative estimate of drug-likeness (QED) is 0.0320. The van der Waals surface area contributed by atoms with Gasteiger partial charge in [-0.15, -0.1) is 0 Å². The Kier molecular flexibility index (Phi) is 61.4. The zero-order valence-corrected chi connectivity index (χ0v) is 49.4. The third-order valence-electron chi connectivity index (χ3n) is 15.5. The molecule has 0 saturated heterocycles. The topological polar surface area (TPSA) is 95.9 Å². The Labute approximate surface area is 456 Å². The maximum Gasteiger partial charge on any atom is 0.305 e. The molecule has 1 amide bonds. The normalized spacial score (nSPS) is 12.7. The maximum absolute atomic E-state index is 12.5. The first-order valence-electron chi connectivity index (χ1n) is 33.1. The fourth-order valence-corrected chi connectivity index (χ4v) is 10.4. The van der Waals surface area contributed by atoms with Crippen LogP contribution in [-0.4, -0.2) is 47.4 Å². The van der Waals surface area contributed by atoms with E-state index in [9.17, 15) is 19.8 Å². The number of nitrogens with one attached hydrogen (secondary N) is 1. The second-order valence-corrected chi connectivity index (χ2v) is 22.8. The summed E-state index contributed by atoms with van der Waals surface area (Å²) in [6.45, 7) is 4.94. The molecule has 6 heteroatoms. The molecule has 0 aliphatic rings. The van der Waals surface area contributed by atoms with Crippen LogP contribution in [0, 0.1) is 0 Å². The number of carbonyl (C=O) groups excluding carboxylic acids is 2. The van der Waals surface area contributed by atoms with Gasteiger partial charge < -0.3 is 20.3 Å². The summed E-state index contributed by atoms with van der Waals surface area (Å²) in [6, 6.07) is -0.550. The standard InChI is InChI=1S/C67H129NO5/c1-3-5-7-9-11-13-15-17-19-21-22-23-24-25-26-27-28-29-31-35-39-43-47-51-55-59-65(70)64(63-69)68-66(71)60-56-52-48-44-40-36-32-30-34-38-42-46-50-54-58-62-73-67(72)61-57-53-49-45-41-37-33-20-18-16-14-12-10-8-6-4-2/h14,16,20,33,64-65,69-70H,3-13,15,17-19,21-32,34-63H2,1-2H3,(H,68,71)/b16-14-,33-20-. The third-order valence-corrected chi connectivity index (χ3v) is 15.5. The zero-order valence-electron chi connectivity index (χ0n) is 49.4. The van der Waals surface area contributed by atoms with E-state index < -0.39 is 12.1 Å². The molecule has 6 nitrogen and oxygen atoms in total. The molecule has 0 heterocycles.